The van der Waals surface area contributed by atoms with Crippen LogP contribution in [-0.2, 0) is 6.54 Å². The summed E-state index contributed by atoms with van der Waals surface area (Å²) in [7, 11) is 0. The van der Waals surface area contributed by atoms with Crippen molar-refractivity contribution in [2.24, 2.45) is 5.92 Å². The maximum Gasteiger partial charge on any atom is 0.123 e. The Kier molecular flexibility index (Phi) is 5.53. The summed E-state index contributed by atoms with van der Waals surface area (Å²) < 4.78 is 5.99. The Balaban J connectivity index is 1.96. The van der Waals surface area contributed by atoms with Gasteiger partial charge in [-0.1, -0.05) is 38.3 Å². The first-order valence-corrected chi connectivity index (χ1v) is 7.75. The fraction of sp³-hybridized carbons (Fsp3) is 0.625. The SMILES string of the molecule is CCC(CC)COc1ccc(Cl)cc1CNC1CC1. The van der Waals surface area contributed by atoms with Gasteiger partial charge in [0.05, 0.1) is 6.61 Å². The number of hydrogen-bond acceptors (Lipinski definition) is 2. The normalized spacial score (nSPS) is 14.9. The predicted molar refractivity (Wildman–Crippen MR) is 80.9 cm³/mol. The molecule has 0 bridgehead atoms. The zero-order chi connectivity index (χ0) is 13.7. The minimum Gasteiger partial charge on any atom is -0.493 e. The van der Waals surface area contributed by atoms with Crippen molar-refractivity contribution in [3.05, 3.63) is 28.8 Å². The molecule has 106 valence electrons. The number of nitrogens with one attached hydrogen (secondary N) is 1. The Bertz CT molecular complexity index is 400. The molecule has 1 saturated carbocycles. The monoisotopic (exact) mass is 281 g/mol. The molecule has 3 heteroatoms. The Morgan fingerprint density at radius 3 is 2.68 bits per heavy atom. The molecule has 0 saturated heterocycles. The molecule has 19 heavy (non-hydrogen) atoms. The molecule has 1 fully saturated rings. The van der Waals surface area contributed by atoms with Gasteiger partial charge >= 0.3 is 0 Å². The third-order valence-electron chi connectivity index (χ3n) is 3.81. The predicted octanol–water partition coefficient (Wildman–Crippen LogP) is 4.41. The van der Waals surface area contributed by atoms with E-state index in [1.165, 1.54) is 31.2 Å². The third-order valence-corrected chi connectivity index (χ3v) is 4.05. The number of hydrogen-bond donors (Lipinski definition) is 1. The van der Waals surface area contributed by atoms with Crippen LogP contribution in [0.25, 0.3) is 0 Å². The molecule has 1 aromatic rings. The highest BCUT2D eigenvalue weighted by Gasteiger charge is 2.20. The molecule has 1 aliphatic carbocycles. The van der Waals surface area contributed by atoms with Crippen molar-refractivity contribution in [1.82, 2.24) is 5.32 Å². The largest absolute Gasteiger partial charge is 0.493 e. The lowest BCUT2D eigenvalue weighted by Crippen LogP contribution is -2.17. The number of halogens is 1. The highest BCUT2D eigenvalue weighted by Crippen LogP contribution is 2.26. The number of ether oxygens (including phenoxy) is 1. The van der Waals surface area contributed by atoms with Crippen molar-refractivity contribution in [2.75, 3.05) is 6.61 Å². The molecule has 0 unspecified atom stereocenters. The first kappa shape index (κ1) is 14.7. The second-order valence-corrected chi connectivity index (χ2v) is 5.84. The van der Waals surface area contributed by atoms with Crippen LogP contribution < -0.4 is 10.1 Å². The molecule has 2 rings (SSSR count). The van der Waals surface area contributed by atoms with E-state index < -0.39 is 0 Å². The van der Waals surface area contributed by atoms with E-state index >= 15 is 0 Å². The van der Waals surface area contributed by atoms with Gasteiger partial charge in [-0.25, -0.2) is 0 Å². The van der Waals surface area contributed by atoms with E-state index in [0.29, 0.717) is 12.0 Å². The molecule has 0 atom stereocenters. The Labute approximate surface area is 121 Å². The average molecular weight is 282 g/mol. The molecule has 2 nitrogen and oxygen atoms in total. The van der Waals surface area contributed by atoms with Crippen molar-refractivity contribution in [3.63, 3.8) is 0 Å². The van der Waals surface area contributed by atoms with Crippen molar-refractivity contribution >= 4 is 11.6 Å². The van der Waals surface area contributed by atoms with Gasteiger partial charge in [-0.15, -0.1) is 0 Å². The fourth-order valence-corrected chi connectivity index (χ4v) is 2.30. The standard InChI is InChI=1S/C16H24ClNO/c1-3-12(4-2)11-19-16-8-5-14(17)9-13(16)10-18-15-6-7-15/h5,8-9,12,15,18H,3-4,6-7,10-11H2,1-2H3. The molecule has 1 aliphatic rings. The van der Waals surface area contributed by atoms with Gasteiger partial charge in [0.2, 0.25) is 0 Å². The van der Waals surface area contributed by atoms with Crippen LogP contribution in [0.15, 0.2) is 18.2 Å². The van der Waals surface area contributed by atoms with Gasteiger partial charge in [-0.2, -0.15) is 0 Å². The molecule has 0 radical (unpaired) electrons. The molecular weight excluding hydrogens is 258 g/mol. The summed E-state index contributed by atoms with van der Waals surface area (Å²) in [6, 6.07) is 6.61. The minimum atomic E-state index is 0.639. The van der Waals surface area contributed by atoms with Gasteiger partial charge in [-0.05, 0) is 37.0 Å². The van der Waals surface area contributed by atoms with Crippen LogP contribution in [0.2, 0.25) is 5.02 Å². The molecule has 0 aliphatic heterocycles. The first-order valence-electron chi connectivity index (χ1n) is 7.37. The lowest BCUT2D eigenvalue weighted by atomic mass is 10.1. The van der Waals surface area contributed by atoms with Crippen LogP contribution in [-0.4, -0.2) is 12.6 Å². The lowest BCUT2D eigenvalue weighted by Gasteiger charge is -2.17. The van der Waals surface area contributed by atoms with Crippen molar-refractivity contribution in [3.8, 4) is 5.75 Å². The summed E-state index contributed by atoms with van der Waals surface area (Å²) in [6.45, 7) is 6.08. The van der Waals surface area contributed by atoms with Gasteiger partial charge in [-0.3, -0.25) is 0 Å². The van der Waals surface area contributed by atoms with Crippen LogP contribution in [0.1, 0.15) is 45.1 Å². The van der Waals surface area contributed by atoms with E-state index in [1.54, 1.807) is 0 Å². The molecule has 0 heterocycles. The van der Waals surface area contributed by atoms with E-state index in [9.17, 15) is 0 Å². The van der Waals surface area contributed by atoms with Gasteiger partial charge in [0.15, 0.2) is 0 Å². The fourth-order valence-electron chi connectivity index (χ4n) is 2.10. The topological polar surface area (TPSA) is 21.3 Å². The van der Waals surface area contributed by atoms with Crippen molar-refractivity contribution in [1.29, 1.82) is 0 Å². The molecule has 1 N–H and O–H groups in total. The van der Waals surface area contributed by atoms with E-state index in [4.69, 9.17) is 16.3 Å². The molecule has 0 aromatic heterocycles. The van der Waals surface area contributed by atoms with Crippen molar-refractivity contribution < 1.29 is 4.74 Å². The van der Waals surface area contributed by atoms with Crippen LogP contribution >= 0.6 is 11.6 Å². The Hall–Kier alpha value is -0.730. The van der Waals surface area contributed by atoms with E-state index in [1.807, 2.05) is 18.2 Å². The highest BCUT2D eigenvalue weighted by molar-refractivity contribution is 6.30. The maximum atomic E-state index is 6.08. The van der Waals surface area contributed by atoms with E-state index in [-0.39, 0.29) is 0 Å². The molecule has 0 spiro atoms. The Morgan fingerprint density at radius 2 is 2.05 bits per heavy atom. The van der Waals surface area contributed by atoms with E-state index in [0.717, 1.165) is 23.9 Å². The van der Waals surface area contributed by atoms with Gasteiger partial charge in [0.25, 0.3) is 0 Å². The molecule has 1 aromatic carbocycles. The molecular formula is C16H24ClNO. The summed E-state index contributed by atoms with van der Waals surface area (Å²) in [5, 5.41) is 4.30. The first-order chi connectivity index (χ1) is 9.22. The van der Waals surface area contributed by atoms with Crippen LogP contribution in [0, 0.1) is 5.92 Å². The van der Waals surface area contributed by atoms with Gasteiger partial charge in [0.1, 0.15) is 5.75 Å². The minimum absolute atomic E-state index is 0.639. The van der Waals surface area contributed by atoms with Crippen LogP contribution in [0.3, 0.4) is 0 Å². The average Bonchev–Trinajstić information content (AvgIpc) is 3.23. The van der Waals surface area contributed by atoms with Gasteiger partial charge < -0.3 is 10.1 Å². The lowest BCUT2D eigenvalue weighted by molar-refractivity contribution is 0.238. The van der Waals surface area contributed by atoms with Crippen LogP contribution in [0.5, 0.6) is 5.75 Å². The third kappa shape index (κ3) is 4.70. The summed E-state index contributed by atoms with van der Waals surface area (Å²) in [6.07, 6.45) is 4.93. The van der Waals surface area contributed by atoms with E-state index in [2.05, 4.69) is 19.2 Å². The zero-order valence-corrected chi connectivity index (χ0v) is 12.7. The summed E-state index contributed by atoms with van der Waals surface area (Å²) in [4.78, 5) is 0. The summed E-state index contributed by atoms with van der Waals surface area (Å²) in [5.41, 5.74) is 1.17. The Morgan fingerprint density at radius 1 is 1.32 bits per heavy atom. The second-order valence-electron chi connectivity index (χ2n) is 5.40. The highest BCUT2D eigenvalue weighted by atomic mass is 35.5. The smallest absolute Gasteiger partial charge is 0.123 e. The summed E-state index contributed by atoms with van der Waals surface area (Å²) in [5.74, 6) is 1.62. The maximum absolute atomic E-state index is 6.08. The quantitative estimate of drug-likeness (QED) is 0.762. The van der Waals surface area contributed by atoms with Crippen LogP contribution in [0.4, 0.5) is 0 Å². The zero-order valence-electron chi connectivity index (χ0n) is 11.9. The summed E-state index contributed by atoms with van der Waals surface area (Å²) >= 11 is 6.08. The van der Waals surface area contributed by atoms with Gasteiger partial charge in [0, 0.05) is 23.2 Å². The molecule has 0 amide bonds. The second kappa shape index (κ2) is 7.16. The number of benzene rings is 1. The number of rotatable bonds is 8. The van der Waals surface area contributed by atoms with Crippen molar-refractivity contribution in [2.45, 2.75) is 52.1 Å².